The third-order valence-electron chi connectivity index (χ3n) is 3.72. The van der Waals surface area contributed by atoms with Gasteiger partial charge in [0.05, 0.1) is 11.5 Å². The highest BCUT2D eigenvalue weighted by Gasteiger charge is 2.67. The van der Waals surface area contributed by atoms with Crippen LogP contribution in [0.2, 0.25) is 0 Å². The number of nitrogens with one attached hydrogen (secondary N) is 1. The van der Waals surface area contributed by atoms with Gasteiger partial charge in [0.15, 0.2) is 0 Å². The molecule has 1 amide bonds. The molecule has 1 saturated carbocycles. The zero-order chi connectivity index (χ0) is 14.3. The van der Waals surface area contributed by atoms with Crippen LogP contribution in [-0.2, 0) is 4.79 Å². The van der Waals surface area contributed by atoms with Crippen molar-refractivity contribution in [1.29, 1.82) is 0 Å². The van der Waals surface area contributed by atoms with Crippen LogP contribution in [0.15, 0.2) is 29.2 Å². The summed E-state index contributed by atoms with van der Waals surface area (Å²) in [6.07, 6.45) is 2.54. The standard InChI is InChI=1S/C14H17Cl2NOS/c1-9(10-4-6-11(19-3)7-5-10)17-12(18)13(2)8-14(13,15)16/h4-7,9H,8H2,1-3H3,(H,17,18)/t9-,13+/m0/s1. The normalized spacial score (nSPS) is 25.7. The maximum Gasteiger partial charge on any atom is 0.229 e. The highest BCUT2D eigenvalue weighted by Crippen LogP contribution is 2.63. The lowest BCUT2D eigenvalue weighted by Gasteiger charge is -2.18. The maximum atomic E-state index is 12.2. The van der Waals surface area contributed by atoms with Gasteiger partial charge in [-0.2, -0.15) is 0 Å². The van der Waals surface area contributed by atoms with Gasteiger partial charge in [0.2, 0.25) is 5.91 Å². The second-order valence-electron chi connectivity index (χ2n) is 5.18. The van der Waals surface area contributed by atoms with E-state index < -0.39 is 9.75 Å². The SMILES string of the molecule is CSc1ccc([C@H](C)NC(=O)[C@@]2(C)CC2(Cl)Cl)cc1. The van der Waals surface area contributed by atoms with E-state index in [1.54, 1.807) is 18.7 Å². The van der Waals surface area contributed by atoms with Crippen LogP contribution >= 0.6 is 35.0 Å². The van der Waals surface area contributed by atoms with Crippen molar-refractivity contribution in [3.8, 4) is 0 Å². The highest BCUT2D eigenvalue weighted by molar-refractivity contribution is 7.98. The summed E-state index contributed by atoms with van der Waals surface area (Å²) in [5, 5.41) is 2.98. The molecule has 0 aliphatic heterocycles. The molecule has 0 saturated heterocycles. The van der Waals surface area contributed by atoms with E-state index in [-0.39, 0.29) is 11.9 Å². The van der Waals surface area contributed by atoms with Gasteiger partial charge in [0, 0.05) is 4.90 Å². The fourth-order valence-electron chi connectivity index (χ4n) is 1.98. The number of alkyl halides is 2. The molecule has 0 bridgehead atoms. The lowest BCUT2D eigenvalue weighted by atomic mass is 10.1. The molecule has 5 heteroatoms. The number of amides is 1. The largest absolute Gasteiger partial charge is 0.349 e. The first-order valence-electron chi connectivity index (χ1n) is 6.13. The number of rotatable bonds is 4. The van der Waals surface area contributed by atoms with Crippen LogP contribution in [0.5, 0.6) is 0 Å². The molecule has 1 aromatic rings. The Hall–Kier alpha value is -0.380. The van der Waals surface area contributed by atoms with Gasteiger partial charge in [-0.1, -0.05) is 12.1 Å². The van der Waals surface area contributed by atoms with Crippen molar-refractivity contribution >= 4 is 40.9 Å². The summed E-state index contributed by atoms with van der Waals surface area (Å²) in [7, 11) is 0. The second kappa shape index (κ2) is 5.19. The molecule has 0 heterocycles. The Morgan fingerprint density at radius 2 is 1.89 bits per heavy atom. The van der Waals surface area contributed by atoms with Crippen molar-refractivity contribution in [3.05, 3.63) is 29.8 Å². The quantitative estimate of drug-likeness (QED) is 0.667. The number of benzene rings is 1. The fraction of sp³-hybridized carbons (Fsp3) is 0.500. The van der Waals surface area contributed by atoms with Crippen molar-refractivity contribution in [2.75, 3.05) is 6.26 Å². The Labute approximate surface area is 128 Å². The molecule has 0 aromatic heterocycles. The zero-order valence-corrected chi connectivity index (χ0v) is 13.5. The molecule has 1 aliphatic carbocycles. The maximum absolute atomic E-state index is 12.2. The molecular formula is C14H17Cl2NOS. The third-order valence-corrected chi connectivity index (χ3v) is 5.57. The minimum absolute atomic E-state index is 0.0510. The average Bonchev–Trinajstić information content (AvgIpc) is 2.90. The summed E-state index contributed by atoms with van der Waals surface area (Å²) in [6.45, 7) is 3.76. The van der Waals surface area contributed by atoms with Crippen LogP contribution in [0, 0.1) is 5.41 Å². The second-order valence-corrected chi connectivity index (χ2v) is 7.55. The Kier molecular flexibility index (Phi) is 4.10. The van der Waals surface area contributed by atoms with Gasteiger partial charge in [-0.15, -0.1) is 35.0 Å². The lowest BCUT2D eigenvalue weighted by Crippen LogP contribution is -2.35. The monoisotopic (exact) mass is 317 g/mol. The van der Waals surface area contributed by atoms with Crippen molar-refractivity contribution in [3.63, 3.8) is 0 Å². The van der Waals surface area contributed by atoms with Gasteiger partial charge >= 0.3 is 0 Å². The Morgan fingerprint density at radius 3 is 2.32 bits per heavy atom. The molecule has 104 valence electrons. The molecular weight excluding hydrogens is 301 g/mol. The minimum atomic E-state index is -0.917. The Balaban J connectivity index is 2.01. The number of halogens is 2. The number of carbonyl (C=O) groups is 1. The van der Waals surface area contributed by atoms with E-state index >= 15 is 0 Å². The molecule has 0 radical (unpaired) electrons. The number of thioether (sulfide) groups is 1. The van der Waals surface area contributed by atoms with Crippen molar-refractivity contribution in [2.45, 2.75) is 35.5 Å². The predicted octanol–water partition coefficient (Wildman–Crippen LogP) is 4.17. The number of hydrogen-bond acceptors (Lipinski definition) is 2. The van der Waals surface area contributed by atoms with Crippen molar-refractivity contribution in [1.82, 2.24) is 5.32 Å². The number of carbonyl (C=O) groups excluding carboxylic acids is 1. The molecule has 1 fully saturated rings. The average molecular weight is 318 g/mol. The van der Waals surface area contributed by atoms with E-state index in [0.29, 0.717) is 6.42 Å². The molecule has 2 rings (SSSR count). The molecule has 0 unspecified atom stereocenters. The van der Waals surface area contributed by atoms with Crippen LogP contribution in [-0.4, -0.2) is 16.5 Å². The predicted molar refractivity (Wildman–Crippen MR) is 81.9 cm³/mol. The van der Waals surface area contributed by atoms with Gasteiger partial charge in [0.25, 0.3) is 0 Å². The Bertz CT molecular complexity index is 489. The van der Waals surface area contributed by atoms with Gasteiger partial charge in [-0.25, -0.2) is 0 Å². The molecule has 19 heavy (non-hydrogen) atoms. The summed E-state index contributed by atoms with van der Waals surface area (Å²) in [4.78, 5) is 13.4. The number of hydrogen-bond donors (Lipinski definition) is 1. The fourth-order valence-corrected chi connectivity index (χ4v) is 3.09. The van der Waals surface area contributed by atoms with E-state index in [0.717, 1.165) is 5.56 Å². The minimum Gasteiger partial charge on any atom is -0.349 e. The molecule has 1 aliphatic rings. The first-order chi connectivity index (χ1) is 8.80. The third kappa shape index (κ3) is 2.88. The molecule has 1 N–H and O–H groups in total. The van der Waals surface area contributed by atoms with E-state index in [2.05, 4.69) is 17.4 Å². The summed E-state index contributed by atoms with van der Waals surface area (Å²) in [6, 6.07) is 8.11. The van der Waals surface area contributed by atoms with Crippen LogP contribution in [0.1, 0.15) is 31.9 Å². The molecule has 1 aromatic carbocycles. The van der Waals surface area contributed by atoms with E-state index in [4.69, 9.17) is 23.2 Å². The first-order valence-corrected chi connectivity index (χ1v) is 8.11. The van der Waals surface area contributed by atoms with Gasteiger partial charge in [-0.05, 0) is 44.2 Å². The lowest BCUT2D eigenvalue weighted by molar-refractivity contribution is -0.126. The van der Waals surface area contributed by atoms with E-state index in [1.165, 1.54) is 4.90 Å². The highest BCUT2D eigenvalue weighted by atomic mass is 35.5. The van der Waals surface area contributed by atoms with Crippen LogP contribution < -0.4 is 5.32 Å². The van der Waals surface area contributed by atoms with E-state index in [1.807, 2.05) is 25.3 Å². The topological polar surface area (TPSA) is 29.1 Å². The Morgan fingerprint density at radius 1 is 1.37 bits per heavy atom. The summed E-state index contributed by atoms with van der Waals surface area (Å²) in [5.74, 6) is -0.0843. The van der Waals surface area contributed by atoms with Gasteiger partial charge in [-0.3, -0.25) is 4.79 Å². The molecule has 2 nitrogen and oxygen atoms in total. The summed E-state index contributed by atoms with van der Waals surface area (Å²) in [5.41, 5.74) is 0.411. The van der Waals surface area contributed by atoms with E-state index in [9.17, 15) is 4.79 Å². The molecule has 2 atom stereocenters. The van der Waals surface area contributed by atoms with Crippen molar-refractivity contribution in [2.24, 2.45) is 5.41 Å². The molecule has 0 spiro atoms. The van der Waals surface area contributed by atoms with Crippen LogP contribution in [0.25, 0.3) is 0 Å². The van der Waals surface area contributed by atoms with Gasteiger partial charge in [0.1, 0.15) is 4.33 Å². The van der Waals surface area contributed by atoms with Gasteiger partial charge < -0.3 is 5.32 Å². The summed E-state index contributed by atoms with van der Waals surface area (Å²) >= 11 is 13.7. The van der Waals surface area contributed by atoms with Crippen LogP contribution in [0.3, 0.4) is 0 Å². The van der Waals surface area contributed by atoms with Crippen LogP contribution in [0.4, 0.5) is 0 Å². The smallest absolute Gasteiger partial charge is 0.229 e. The zero-order valence-electron chi connectivity index (χ0n) is 11.2. The summed E-state index contributed by atoms with van der Waals surface area (Å²) < 4.78 is -0.917. The van der Waals surface area contributed by atoms with Crippen molar-refractivity contribution < 1.29 is 4.79 Å². The first kappa shape index (κ1) is 15.0.